The molecule has 130 valence electrons. The van der Waals surface area contributed by atoms with E-state index in [9.17, 15) is 14.7 Å². The van der Waals surface area contributed by atoms with Crippen LogP contribution in [0.4, 0.5) is 11.4 Å². The van der Waals surface area contributed by atoms with E-state index in [1.54, 1.807) is 36.4 Å². The Morgan fingerprint density at radius 2 is 1.60 bits per heavy atom. The summed E-state index contributed by atoms with van der Waals surface area (Å²) in [6, 6.07) is 14.0. The maximum Gasteiger partial charge on any atom is 0.337 e. The van der Waals surface area contributed by atoms with Crippen LogP contribution in [0.25, 0.3) is 0 Å². The summed E-state index contributed by atoms with van der Waals surface area (Å²) >= 11 is 0. The molecule has 5 heteroatoms. The Morgan fingerprint density at radius 3 is 2.24 bits per heavy atom. The second-order valence-electron chi connectivity index (χ2n) is 6.26. The summed E-state index contributed by atoms with van der Waals surface area (Å²) in [6.45, 7) is 1.88. The minimum absolute atomic E-state index is 0.117. The van der Waals surface area contributed by atoms with Gasteiger partial charge in [-0.2, -0.15) is 0 Å². The largest absolute Gasteiger partial charge is 0.478 e. The van der Waals surface area contributed by atoms with Crippen LogP contribution in [-0.4, -0.2) is 30.1 Å². The Kier molecular flexibility index (Phi) is 5.33. The van der Waals surface area contributed by atoms with Gasteiger partial charge in [0.15, 0.2) is 0 Å². The molecule has 2 aromatic rings. The van der Waals surface area contributed by atoms with E-state index in [1.165, 1.54) is 12.8 Å². The second-order valence-corrected chi connectivity index (χ2v) is 6.26. The van der Waals surface area contributed by atoms with Gasteiger partial charge in [-0.15, -0.1) is 0 Å². The highest BCUT2D eigenvalue weighted by Crippen LogP contribution is 2.26. The first-order chi connectivity index (χ1) is 12.1. The highest BCUT2D eigenvalue weighted by Gasteiger charge is 2.17. The molecule has 0 spiro atoms. The summed E-state index contributed by atoms with van der Waals surface area (Å²) in [6.07, 6.45) is 4.67. The zero-order chi connectivity index (χ0) is 17.6. The van der Waals surface area contributed by atoms with Crippen molar-refractivity contribution in [2.75, 3.05) is 23.3 Å². The van der Waals surface area contributed by atoms with E-state index in [2.05, 4.69) is 10.2 Å². The number of hydrogen-bond donors (Lipinski definition) is 2. The van der Waals surface area contributed by atoms with Crippen LogP contribution in [0.15, 0.2) is 48.5 Å². The van der Waals surface area contributed by atoms with E-state index in [0.29, 0.717) is 11.3 Å². The topological polar surface area (TPSA) is 69.6 Å². The molecule has 1 aliphatic rings. The van der Waals surface area contributed by atoms with Crippen molar-refractivity contribution < 1.29 is 14.7 Å². The predicted molar refractivity (Wildman–Crippen MR) is 98.5 cm³/mol. The van der Waals surface area contributed by atoms with Crippen LogP contribution in [-0.2, 0) is 0 Å². The van der Waals surface area contributed by atoms with Crippen molar-refractivity contribution in [3.63, 3.8) is 0 Å². The molecule has 0 atom stereocenters. The van der Waals surface area contributed by atoms with E-state index in [4.69, 9.17) is 0 Å². The molecule has 0 bridgehead atoms. The first-order valence-electron chi connectivity index (χ1n) is 8.64. The van der Waals surface area contributed by atoms with E-state index in [0.717, 1.165) is 31.6 Å². The van der Waals surface area contributed by atoms with Crippen LogP contribution in [0, 0.1) is 0 Å². The van der Waals surface area contributed by atoms with Gasteiger partial charge in [0.05, 0.1) is 11.3 Å². The van der Waals surface area contributed by atoms with Crippen molar-refractivity contribution in [1.82, 2.24) is 0 Å². The highest BCUT2D eigenvalue weighted by molar-refractivity contribution is 6.08. The zero-order valence-electron chi connectivity index (χ0n) is 14.1. The van der Waals surface area contributed by atoms with E-state index >= 15 is 0 Å². The molecule has 1 saturated heterocycles. The quantitative estimate of drug-likeness (QED) is 0.883. The van der Waals surface area contributed by atoms with Gasteiger partial charge in [-0.25, -0.2) is 4.79 Å². The van der Waals surface area contributed by atoms with Crippen molar-refractivity contribution in [3.8, 4) is 0 Å². The molecule has 2 N–H and O–H groups in total. The highest BCUT2D eigenvalue weighted by atomic mass is 16.4. The van der Waals surface area contributed by atoms with Gasteiger partial charge >= 0.3 is 5.97 Å². The fourth-order valence-electron chi connectivity index (χ4n) is 3.13. The maximum atomic E-state index is 12.3. The van der Waals surface area contributed by atoms with Gasteiger partial charge in [0.25, 0.3) is 5.91 Å². The molecule has 0 unspecified atom stereocenters. The van der Waals surface area contributed by atoms with Crippen molar-refractivity contribution in [2.24, 2.45) is 0 Å². The summed E-state index contributed by atoms with van der Waals surface area (Å²) in [4.78, 5) is 26.2. The Bertz CT molecular complexity index is 751. The molecule has 0 radical (unpaired) electrons. The van der Waals surface area contributed by atoms with E-state index < -0.39 is 5.97 Å². The summed E-state index contributed by atoms with van der Waals surface area (Å²) in [5.41, 5.74) is 1.83. The van der Waals surface area contributed by atoms with Gasteiger partial charge in [0.1, 0.15) is 0 Å². The Labute approximate surface area is 147 Å². The summed E-state index contributed by atoms with van der Waals surface area (Å²) in [5, 5.41) is 12.3. The van der Waals surface area contributed by atoms with Gasteiger partial charge in [-0.3, -0.25) is 4.79 Å². The van der Waals surface area contributed by atoms with Crippen molar-refractivity contribution in [3.05, 3.63) is 59.7 Å². The van der Waals surface area contributed by atoms with Crippen LogP contribution in [0.3, 0.4) is 0 Å². The standard InChI is InChI=1S/C20H22N2O3/c23-19(15-8-4-3-5-9-15)21-18-11-10-16(14-17(18)20(24)25)22-12-6-1-2-7-13-22/h3-5,8-11,14H,1-2,6-7,12-13H2,(H,21,23)(H,24,25). The molecule has 0 saturated carbocycles. The third kappa shape index (κ3) is 4.18. The normalized spacial score (nSPS) is 14.6. The number of nitrogens with one attached hydrogen (secondary N) is 1. The number of carbonyl (C=O) groups is 2. The molecule has 25 heavy (non-hydrogen) atoms. The van der Waals surface area contributed by atoms with E-state index in [1.807, 2.05) is 12.1 Å². The predicted octanol–water partition coefficient (Wildman–Crippen LogP) is 4.02. The van der Waals surface area contributed by atoms with Crippen molar-refractivity contribution >= 4 is 23.3 Å². The van der Waals surface area contributed by atoms with Gasteiger partial charge in [0.2, 0.25) is 0 Å². The fourth-order valence-corrected chi connectivity index (χ4v) is 3.13. The minimum atomic E-state index is -1.04. The second kappa shape index (κ2) is 7.83. The molecule has 3 rings (SSSR count). The van der Waals surface area contributed by atoms with Gasteiger partial charge in [0, 0.05) is 24.3 Å². The van der Waals surface area contributed by atoms with Crippen LogP contribution in [0.1, 0.15) is 46.4 Å². The lowest BCUT2D eigenvalue weighted by atomic mass is 10.1. The zero-order valence-corrected chi connectivity index (χ0v) is 14.1. The Balaban J connectivity index is 1.84. The third-order valence-electron chi connectivity index (χ3n) is 4.49. The van der Waals surface area contributed by atoms with Crippen LogP contribution < -0.4 is 10.2 Å². The van der Waals surface area contributed by atoms with Crippen LogP contribution >= 0.6 is 0 Å². The Morgan fingerprint density at radius 1 is 0.920 bits per heavy atom. The minimum Gasteiger partial charge on any atom is -0.478 e. The average molecular weight is 338 g/mol. The molecular formula is C20H22N2O3. The number of carboxylic acid groups (broad SMARTS) is 1. The number of amides is 1. The monoisotopic (exact) mass is 338 g/mol. The molecule has 1 amide bonds. The molecule has 5 nitrogen and oxygen atoms in total. The number of benzene rings is 2. The molecular weight excluding hydrogens is 316 g/mol. The van der Waals surface area contributed by atoms with Crippen LogP contribution in [0.5, 0.6) is 0 Å². The number of carbonyl (C=O) groups excluding carboxylic acids is 1. The molecule has 0 aromatic heterocycles. The molecule has 1 fully saturated rings. The lowest BCUT2D eigenvalue weighted by molar-refractivity contribution is 0.0698. The number of anilines is 2. The third-order valence-corrected chi connectivity index (χ3v) is 4.49. The Hall–Kier alpha value is -2.82. The molecule has 1 heterocycles. The number of carboxylic acids is 1. The lowest BCUT2D eigenvalue weighted by Gasteiger charge is -2.23. The van der Waals surface area contributed by atoms with Gasteiger partial charge in [-0.1, -0.05) is 31.0 Å². The lowest BCUT2D eigenvalue weighted by Crippen LogP contribution is -2.24. The summed E-state index contributed by atoms with van der Waals surface area (Å²) < 4.78 is 0. The maximum absolute atomic E-state index is 12.3. The average Bonchev–Trinajstić information content (AvgIpc) is 2.92. The van der Waals surface area contributed by atoms with Crippen molar-refractivity contribution in [1.29, 1.82) is 0 Å². The van der Waals surface area contributed by atoms with E-state index in [-0.39, 0.29) is 11.5 Å². The first kappa shape index (κ1) is 17.0. The smallest absolute Gasteiger partial charge is 0.337 e. The summed E-state index contributed by atoms with van der Waals surface area (Å²) in [5.74, 6) is -1.36. The first-order valence-corrected chi connectivity index (χ1v) is 8.64. The number of nitrogens with zero attached hydrogens (tertiary/aromatic N) is 1. The van der Waals surface area contributed by atoms with Gasteiger partial charge < -0.3 is 15.3 Å². The SMILES string of the molecule is O=C(Nc1ccc(N2CCCCCC2)cc1C(=O)O)c1ccccc1. The molecule has 2 aromatic carbocycles. The molecule has 0 aliphatic carbocycles. The van der Waals surface area contributed by atoms with Crippen molar-refractivity contribution in [2.45, 2.75) is 25.7 Å². The molecule has 1 aliphatic heterocycles. The van der Waals surface area contributed by atoms with Crippen LogP contribution in [0.2, 0.25) is 0 Å². The number of rotatable bonds is 4. The number of hydrogen-bond acceptors (Lipinski definition) is 3. The fraction of sp³-hybridized carbons (Fsp3) is 0.300. The number of aromatic carboxylic acids is 1. The van der Waals surface area contributed by atoms with Gasteiger partial charge in [-0.05, 0) is 43.2 Å². The summed E-state index contributed by atoms with van der Waals surface area (Å²) in [7, 11) is 0.